The first-order valence-electron chi connectivity index (χ1n) is 7.37. The molecule has 0 aromatic carbocycles. The minimum Gasteiger partial charge on any atom is -0.354 e. The third-order valence-corrected chi connectivity index (χ3v) is 4.63. The largest absolute Gasteiger partial charge is 0.395 e. The molecule has 21 heavy (non-hydrogen) atoms. The topological polar surface area (TPSA) is 19.4 Å². The van der Waals surface area contributed by atoms with Gasteiger partial charge in [0.25, 0.3) is 0 Å². The van der Waals surface area contributed by atoms with Gasteiger partial charge in [0.05, 0.1) is 5.41 Å². The Labute approximate surface area is 122 Å². The maximum Gasteiger partial charge on any atom is 0.395 e. The van der Waals surface area contributed by atoms with E-state index in [1.165, 1.54) is 0 Å². The number of hydrogen-bond donors (Lipinski definition) is 0. The Morgan fingerprint density at radius 3 is 2.38 bits per heavy atom. The lowest BCUT2D eigenvalue weighted by Gasteiger charge is -2.38. The minimum absolute atomic E-state index is 0.158. The first kappa shape index (κ1) is 14.6. The molecule has 0 spiro atoms. The zero-order valence-electron chi connectivity index (χ0n) is 12.2. The fourth-order valence-electron chi connectivity index (χ4n) is 3.04. The van der Waals surface area contributed by atoms with Crippen molar-refractivity contribution in [3.05, 3.63) is 23.9 Å². The molecule has 0 atom stereocenters. The predicted octanol–water partition coefficient (Wildman–Crippen LogP) is 2.85. The lowest BCUT2D eigenvalue weighted by Crippen LogP contribution is -2.50. The van der Waals surface area contributed by atoms with Crippen LogP contribution >= 0.6 is 0 Å². The monoisotopic (exact) mass is 299 g/mol. The highest BCUT2D eigenvalue weighted by atomic mass is 19.4. The molecule has 0 N–H and O–H groups in total. The number of piperazine rings is 1. The van der Waals surface area contributed by atoms with Crippen LogP contribution in [0.3, 0.4) is 0 Å². The molecule has 0 amide bonds. The molecule has 1 saturated carbocycles. The van der Waals surface area contributed by atoms with E-state index < -0.39 is 11.6 Å². The second kappa shape index (κ2) is 5.16. The summed E-state index contributed by atoms with van der Waals surface area (Å²) in [6.07, 6.45) is -1.72. The average molecular weight is 299 g/mol. The molecule has 2 aliphatic rings. The van der Waals surface area contributed by atoms with Gasteiger partial charge in [-0.3, -0.25) is 4.90 Å². The first-order valence-corrected chi connectivity index (χ1v) is 7.37. The van der Waals surface area contributed by atoms with Gasteiger partial charge < -0.3 is 4.90 Å². The van der Waals surface area contributed by atoms with Crippen LogP contribution in [0.5, 0.6) is 0 Å². The molecule has 0 bridgehead atoms. The fourth-order valence-corrected chi connectivity index (χ4v) is 3.04. The summed E-state index contributed by atoms with van der Waals surface area (Å²) >= 11 is 0. The molecule has 0 radical (unpaired) electrons. The molecule has 1 aliphatic carbocycles. The summed E-state index contributed by atoms with van der Waals surface area (Å²) in [5.74, 6) is 0.953. The second-order valence-corrected chi connectivity index (χ2v) is 6.19. The number of hydrogen-bond acceptors (Lipinski definition) is 3. The number of pyridine rings is 1. The van der Waals surface area contributed by atoms with Crippen LogP contribution in [0.2, 0.25) is 0 Å². The summed E-state index contributed by atoms with van der Waals surface area (Å²) < 4.78 is 39.0. The average Bonchev–Trinajstić information content (AvgIpc) is 3.21. The van der Waals surface area contributed by atoms with Crippen molar-refractivity contribution in [2.75, 3.05) is 37.6 Å². The van der Waals surface area contributed by atoms with E-state index >= 15 is 0 Å². The van der Waals surface area contributed by atoms with Gasteiger partial charge in [-0.05, 0) is 31.4 Å². The number of rotatable bonds is 3. The Hall–Kier alpha value is -1.30. The van der Waals surface area contributed by atoms with E-state index in [0.717, 1.165) is 24.5 Å². The van der Waals surface area contributed by atoms with Gasteiger partial charge in [0.1, 0.15) is 5.82 Å². The zero-order valence-corrected chi connectivity index (χ0v) is 12.2. The van der Waals surface area contributed by atoms with Gasteiger partial charge in [0, 0.05) is 38.9 Å². The molecule has 2 heterocycles. The van der Waals surface area contributed by atoms with Crippen LogP contribution < -0.4 is 4.90 Å². The molecule has 1 aliphatic heterocycles. The summed E-state index contributed by atoms with van der Waals surface area (Å²) in [7, 11) is 0. The lowest BCUT2D eigenvalue weighted by molar-refractivity contribution is -0.192. The van der Waals surface area contributed by atoms with Crippen LogP contribution in [-0.4, -0.2) is 48.8 Å². The number of alkyl halides is 3. The van der Waals surface area contributed by atoms with E-state index in [4.69, 9.17) is 0 Å². The maximum atomic E-state index is 13.0. The van der Waals surface area contributed by atoms with Gasteiger partial charge >= 0.3 is 6.18 Å². The van der Waals surface area contributed by atoms with Gasteiger partial charge in [0.2, 0.25) is 0 Å². The highest BCUT2D eigenvalue weighted by Gasteiger charge is 2.63. The molecule has 1 saturated heterocycles. The third-order valence-electron chi connectivity index (χ3n) is 4.63. The lowest BCUT2D eigenvalue weighted by atomic mass is 10.1. The smallest absolute Gasteiger partial charge is 0.354 e. The maximum absolute atomic E-state index is 13.0. The van der Waals surface area contributed by atoms with Gasteiger partial charge in [-0.1, -0.05) is 6.07 Å². The van der Waals surface area contributed by atoms with E-state index in [9.17, 15) is 13.2 Å². The van der Waals surface area contributed by atoms with E-state index in [-0.39, 0.29) is 19.4 Å². The van der Waals surface area contributed by atoms with Gasteiger partial charge in [-0.15, -0.1) is 0 Å². The Morgan fingerprint density at radius 1 is 1.19 bits per heavy atom. The van der Waals surface area contributed by atoms with Gasteiger partial charge in [-0.25, -0.2) is 4.98 Å². The third kappa shape index (κ3) is 2.86. The van der Waals surface area contributed by atoms with Crippen molar-refractivity contribution in [1.29, 1.82) is 0 Å². The number of halogens is 3. The molecular formula is C15H20F3N3. The zero-order chi connectivity index (χ0) is 15.1. The Kier molecular flexibility index (Phi) is 3.59. The van der Waals surface area contributed by atoms with Crippen LogP contribution in [0, 0.1) is 12.3 Å². The molecule has 3 rings (SSSR count). The number of anilines is 1. The Morgan fingerprint density at radius 2 is 1.86 bits per heavy atom. The van der Waals surface area contributed by atoms with Gasteiger partial charge in [-0.2, -0.15) is 13.2 Å². The van der Waals surface area contributed by atoms with Crippen molar-refractivity contribution in [3.63, 3.8) is 0 Å². The molecule has 1 aromatic rings. The van der Waals surface area contributed by atoms with E-state index in [1.807, 2.05) is 24.0 Å². The molecule has 2 fully saturated rings. The summed E-state index contributed by atoms with van der Waals surface area (Å²) in [5.41, 5.74) is -0.310. The molecule has 1 aromatic heterocycles. The number of aromatic nitrogens is 1. The van der Waals surface area contributed by atoms with Crippen LogP contribution in [0.15, 0.2) is 18.3 Å². The van der Waals surface area contributed by atoms with Crippen molar-refractivity contribution in [3.8, 4) is 0 Å². The van der Waals surface area contributed by atoms with Crippen LogP contribution in [0.4, 0.5) is 19.0 Å². The summed E-state index contributed by atoms with van der Waals surface area (Å²) in [6.45, 7) is 5.00. The van der Waals surface area contributed by atoms with Crippen LogP contribution in [0.25, 0.3) is 0 Å². The normalized spacial score (nSPS) is 22.4. The summed E-state index contributed by atoms with van der Waals surface area (Å²) in [6, 6.07) is 3.91. The van der Waals surface area contributed by atoms with E-state index in [1.54, 1.807) is 6.20 Å². The number of nitrogens with zero attached hydrogens (tertiary/aromatic N) is 3. The number of aryl methyl sites for hydroxylation is 1. The molecule has 116 valence electrons. The summed E-state index contributed by atoms with van der Waals surface area (Å²) in [5, 5.41) is 0. The van der Waals surface area contributed by atoms with Crippen molar-refractivity contribution in [2.45, 2.75) is 25.9 Å². The van der Waals surface area contributed by atoms with Crippen molar-refractivity contribution in [1.82, 2.24) is 9.88 Å². The second-order valence-electron chi connectivity index (χ2n) is 6.19. The highest BCUT2D eigenvalue weighted by Crippen LogP contribution is 2.57. The van der Waals surface area contributed by atoms with Crippen LogP contribution in [-0.2, 0) is 0 Å². The quantitative estimate of drug-likeness (QED) is 0.855. The predicted molar refractivity (Wildman–Crippen MR) is 75.3 cm³/mol. The molecule has 3 nitrogen and oxygen atoms in total. The Bertz CT molecular complexity index is 503. The van der Waals surface area contributed by atoms with Crippen molar-refractivity contribution in [2.24, 2.45) is 5.41 Å². The Balaban J connectivity index is 1.58. The molecular weight excluding hydrogens is 279 g/mol. The van der Waals surface area contributed by atoms with Crippen molar-refractivity contribution >= 4 is 5.82 Å². The molecule has 0 unspecified atom stereocenters. The van der Waals surface area contributed by atoms with Crippen LogP contribution in [0.1, 0.15) is 18.4 Å². The van der Waals surface area contributed by atoms with E-state index in [2.05, 4.69) is 9.88 Å². The van der Waals surface area contributed by atoms with Crippen molar-refractivity contribution < 1.29 is 13.2 Å². The SMILES string of the molecule is Cc1cccnc1N1CCN(CC2(C(F)(F)F)CC2)CC1. The minimum atomic E-state index is -4.05. The molecule has 6 heteroatoms. The fraction of sp³-hybridized carbons (Fsp3) is 0.667. The highest BCUT2D eigenvalue weighted by molar-refractivity contribution is 5.46. The standard InChI is InChI=1S/C15H20F3N3/c1-12-3-2-6-19-13(12)21-9-7-20(8-10-21)11-14(4-5-14)15(16,17)18/h2-3,6H,4-5,7-11H2,1H3. The van der Waals surface area contributed by atoms with E-state index in [0.29, 0.717) is 13.1 Å². The van der Waals surface area contributed by atoms with Gasteiger partial charge in [0.15, 0.2) is 0 Å². The first-order chi connectivity index (χ1) is 9.91. The summed E-state index contributed by atoms with van der Waals surface area (Å²) in [4.78, 5) is 8.50.